The fraction of sp³-hybridized carbons (Fsp3) is 0.250. The van der Waals surface area contributed by atoms with E-state index in [9.17, 15) is 0 Å². The van der Waals surface area contributed by atoms with Crippen molar-refractivity contribution in [1.82, 2.24) is 10.3 Å². The maximum absolute atomic E-state index is 6.46. The predicted molar refractivity (Wildman–Crippen MR) is 115 cm³/mol. The smallest absolute Gasteiger partial charge is 0.0801 e. The van der Waals surface area contributed by atoms with Crippen molar-refractivity contribution in [3.8, 4) is 0 Å². The molecule has 140 valence electrons. The van der Waals surface area contributed by atoms with Gasteiger partial charge in [-0.3, -0.25) is 0 Å². The first-order valence-electron chi connectivity index (χ1n) is 8.56. The quantitative estimate of drug-likeness (QED) is 0.625. The summed E-state index contributed by atoms with van der Waals surface area (Å²) in [5, 5.41) is 6.87. The molecule has 3 nitrogen and oxygen atoms in total. The molecule has 0 bridgehead atoms. The lowest BCUT2D eigenvalue weighted by molar-refractivity contribution is 0.295. The first kappa shape index (κ1) is 19.1. The lowest BCUT2D eigenvalue weighted by atomic mass is 9.83. The van der Waals surface area contributed by atoms with E-state index in [1.165, 1.54) is 0 Å². The molecule has 27 heavy (non-hydrogen) atoms. The van der Waals surface area contributed by atoms with Gasteiger partial charge in [-0.25, -0.2) is 0 Å². The molecule has 1 saturated heterocycles. The average Bonchev–Trinajstić information content (AvgIpc) is 3.05. The SMILES string of the molecule is CN1C/C(=C\c2cccc(Cl)c2Cl)C2=NNC(c3cccc(Cl)c3Cl)C2C1. The number of rotatable bonds is 2. The van der Waals surface area contributed by atoms with Gasteiger partial charge >= 0.3 is 0 Å². The molecule has 1 fully saturated rings. The Morgan fingerprint density at radius 2 is 1.74 bits per heavy atom. The van der Waals surface area contributed by atoms with Crippen molar-refractivity contribution in [2.24, 2.45) is 11.0 Å². The summed E-state index contributed by atoms with van der Waals surface area (Å²) >= 11 is 25.2. The molecular formula is C20H17Cl4N3. The largest absolute Gasteiger partial charge is 0.302 e. The van der Waals surface area contributed by atoms with Gasteiger partial charge in [0.15, 0.2) is 0 Å². The monoisotopic (exact) mass is 439 g/mol. The Labute approximate surface area is 178 Å². The molecule has 0 aromatic heterocycles. The van der Waals surface area contributed by atoms with E-state index in [1.807, 2.05) is 24.3 Å². The minimum absolute atomic E-state index is 0.0211. The first-order chi connectivity index (χ1) is 13.0. The van der Waals surface area contributed by atoms with Gasteiger partial charge in [-0.2, -0.15) is 5.10 Å². The molecule has 0 saturated carbocycles. The number of hydrogen-bond acceptors (Lipinski definition) is 3. The number of halogens is 4. The van der Waals surface area contributed by atoms with Crippen LogP contribution in [0.5, 0.6) is 0 Å². The molecule has 2 aromatic carbocycles. The summed E-state index contributed by atoms with van der Waals surface area (Å²) in [7, 11) is 2.10. The molecule has 2 aliphatic heterocycles. The van der Waals surface area contributed by atoms with E-state index in [-0.39, 0.29) is 12.0 Å². The third-order valence-corrected chi connectivity index (χ3v) is 6.65. The molecule has 2 unspecified atom stereocenters. The summed E-state index contributed by atoms with van der Waals surface area (Å²) in [5.41, 5.74) is 7.26. The van der Waals surface area contributed by atoms with E-state index in [1.54, 1.807) is 12.1 Å². The van der Waals surface area contributed by atoms with E-state index in [2.05, 4.69) is 28.6 Å². The van der Waals surface area contributed by atoms with Crippen LogP contribution in [0.1, 0.15) is 17.2 Å². The van der Waals surface area contributed by atoms with Crippen LogP contribution >= 0.6 is 46.4 Å². The van der Waals surface area contributed by atoms with Gasteiger partial charge in [-0.05, 0) is 42.0 Å². The molecule has 0 amide bonds. The van der Waals surface area contributed by atoms with Crippen molar-refractivity contribution in [3.05, 3.63) is 73.2 Å². The summed E-state index contributed by atoms with van der Waals surface area (Å²) in [5.74, 6) is 0.170. The van der Waals surface area contributed by atoms with Crippen molar-refractivity contribution in [3.63, 3.8) is 0 Å². The van der Waals surface area contributed by atoms with Gasteiger partial charge in [0.2, 0.25) is 0 Å². The van der Waals surface area contributed by atoms with Crippen LogP contribution in [-0.4, -0.2) is 30.7 Å². The fourth-order valence-electron chi connectivity index (χ4n) is 3.73. The highest BCUT2D eigenvalue weighted by atomic mass is 35.5. The van der Waals surface area contributed by atoms with Crippen LogP contribution in [0.3, 0.4) is 0 Å². The number of nitrogens with zero attached hydrogens (tertiary/aromatic N) is 2. The van der Waals surface area contributed by atoms with Crippen LogP contribution in [-0.2, 0) is 0 Å². The average molecular weight is 441 g/mol. The summed E-state index contributed by atoms with van der Waals surface area (Å²) < 4.78 is 0. The Morgan fingerprint density at radius 3 is 2.52 bits per heavy atom. The second-order valence-electron chi connectivity index (χ2n) is 6.86. The van der Waals surface area contributed by atoms with E-state index >= 15 is 0 Å². The highest BCUT2D eigenvalue weighted by Gasteiger charge is 2.39. The van der Waals surface area contributed by atoms with Crippen molar-refractivity contribution < 1.29 is 0 Å². The predicted octanol–water partition coefficient (Wildman–Crippen LogP) is 5.95. The topological polar surface area (TPSA) is 27.6 Å². The Balaban J connectivity index is 1.71. The Kier molecular flexibility index (Phi) is 5.41. The van der Waals surface area contributed by atoms with Crippen LogP contribution in [0.25, 0.3) is 6.08 Å². The summed E-state index contributed by atoms with van der Waals surface area (Å²) in [6.45, 7) is 1.66. The normalized spacial score (nSPS) is 23.9. The minimum atomic E-state index is -0.0211. The van der Waals surface area contributed by atoms with Crippen molar-refractivity contribution in [2.75, 3.05) is 20.1 Å². The molecule has 2 atom stereocenters. The molecule has 2 aliphatic rings. The number of hydrazone groups is 1. The molecule has 2 aromatic rings. The third-order valence-electron chi connectivity index (χ3n) is 4.98. The van der Waals surface area contributed by atoms with E-state index in [0.29, 0.717) is 20.1 Å². The summed E-state index contributed by atoms with van der Waals surface area (Å²) in [6, 6.07) is 11.3. The zero-order valence-corrected chi connectivity index (χ0v) is 17.5. The molecular weight excluding hydrogens is 424 g/mol. The molecule has 7 heteroatoms. The van der Waals surface area contributed by atoms with Crippen LogP contribution < -0.4 is 5.43 Å². The van der Waals surface area contributed by atoms with Gasteiger partial charge < -0.3 is 10.3 Å². The molecule has 0 radical (unpaired) electrons. The number of benzene rings is 2. The molecule has 2 heterocycles. The van der Waals surface area contributed by atoms with E-state index in [0.717, 1.165) is 35.5 Å². The van der Waals surface area contributed by atoms with Crippen LogP contribution in [0.15, 0.2) is 47.1 Å². The number of likely N-dealkylation sites (tertiary alicyclic amines) is 1. The van der Waals surface area contributed by atoms with Crippen molar-refractivity contribution in [2.45, 2.75) is 6.04 Å². The molecule has 1 N–H and O–H groups in total. The minimum Gasteiger partial charge on any atom is -0.302 e. The fourth-order valence-corrected chi connectivity index (χ4v) is 4.52. The maximum atomic E-state index is 6.46. The Hall–Kier alpha value is -1.23. The van der Waals surface area contributed by atoms with Gasteiger partial charge in [0, 0.05) is 19.0 Å². The Morgan fingerprint density at radius 1 is 1.04 bits per heavy atom. The highest BCUT2D eigenvalue weighted by Crippen LogP contribution is 2.39. The number of hydrogen-bond donors (Lipinski definition) is 1. The zero-order chi connectivity index (χ0) is 19.1. The van der Waals surface area contributed by atoms with Gasteiger partial charge in [-0.1, -0.05) is 70.7 Å². The summed E-state index contributed by atoms with van der Waals surface area (Å²) in [4.78, 5) is 2.27. The lowest BCUT2D eigenvalue weighted by Crippen LogP contribution is -2.41. The number of piperidine rings is 1. The number of fused-ring (bicyclic) bond motifs is 1. The first-order valence-corrected chi connectivity index (χ1v) is 10.1. The lowest BCUT2D eigenvalue weighted by Gasteiger charge is -2.33. The van der Waals surface area contributed by atoms with Gasteiger partial charge in [0.25, 0.3) is 0 Å². The van der Waals surface area contributed by atoms with Crippen LogP contribution in [0, 0.1) is 5.92 Å². The third kappa shape index (κ3) is 3.59. The molecule has 4 rings (SSSR count). The summed E-state index contributed by atoms with van der Waals surface area (Å²) in [6.07, 6.45) is 2.07. The van der Waals surface area contributed by atoms with Gasteiger partial charge in [0.1, 0.15) is 0 Å². The van der Waals surface area contributed by atoms with E-state index in [4.69, 9.17) is 46.4 Å². The maximum Gasteiger partial charge on any atom is 0.0801 e. The Bertz CT molecular complexity index is 954. The van der Waals surface area contributed by atoms with Gasteiger partial charge in [0.05, 0.1) is 31.8 Å². The molecule has 0 spiro atoms. The number of likely N-dealkylation sites (N-methyl/N-ethyl adjacent to an activating group) is 1. The van der Waals surface area contributed by atoms with Crippen LogP contribution in [0.4, 0.5) is 0 Å². The second kappa shape index (κ2) is 7.65. The van der Waals surface area contributed by atoms with Gasteiger partial charge in [-0.15, -0.1) is 0 Å². The van der Waals surface area contributed by atoms with E-state index < -0.39 is 0 Å². The zero-order valence-electron chi connectivity index (χ0n) is 14.5. The molecule has 0 aliphatic carbocycles. The second-order valence-corrected chi connectivity index (χ2v) is 8.43. The van der Waals surface area contributed by atoms with Crippen molar-refractivity contribution in [1.29, 1.82) is 0 Å². The van der Waals surface area contributed by atoms with Crippen LogP contribution in [0.2, 0.25) is 20.1 Å². The number of nitrogens with one attached hydrogen (secondary N) is 1. The standard InChI is InChI=1S/C20H17Cl4N3/c1-27-9-12(8-11-4-2-6-15(21)17(11)23)19-14(10-27)20(26-25-19)13-5-3-7-16(22)18(13)24/h2-8,14,20,26H,9-10H2,1H3/b12-8+. The van der Waals surface area contributed by atoms with Crippen molar-refractivity contribution >= 4 is 58.2 Å². The highest BCUT2D eigenvalue weighted by molar-refractivity contribution is 6.43.